The number of ether oxygens (including phenoxy) is 3. The minimum absolute atomic E-state index is 0.0612. The molecule has 10 nitrogen and oxygen atoms in total. The normalized spacial score (nSPS) is 38.6. The average molecular weight is 885 g/mol. The first-order valence-electron chi connectivity index (χ1n) is 25.0. The zero-order valence-electron chi connectivity index (χ0n) is 41.0. The van der Waals surface area contributed by atoms with E-state index in [4.69, 9.17) is 14.2 Å². The number of carbonyl (C=O) groups is 4. The van der Waals surface area contributed by atoms with E-state index >= 15 is 0 Å². The molecule has 1 heterocycles. The third-order valence-corrected chi connectivity index (χ3v) is 19.7. The quantitative estimate of drug-likeness (QED) is 0.130. The third kappa shape index (κ3) is 7.68. The number of fused-ring (bicyclic) bond motifs is 7. The molecule has 6 aliphatic carbocycles. The summed E-state index contributed by atoms with van der Waals surface area (Å²) in [6, 6.07) is 7.35. The molecule has 0 aromatic heterocycles. The summed E-state index contributed by atoms with van der Waals surface area (Å²) in [7, 11) is 0. The van der Waals surface area contributed by atoms with E-state index in [2.05, 4.69) is 72.9 Å². The molecule has 1 aliphatic heterocycles. The minimum Gasteiger partial charge on any atom is -0.488 e. The number of hydrogen-bond acceptors (Lipinski definition) is 8. The fourth-order valence-corrected chi connectivity index (χ4v) is 15.8. The molecule has 0 radical (unpaired) electrons. The SMILES string of the molecule is CC(C)C1=C2[C@H]3CC[C@@H]4[C@@]5(C)CC[C@H](OC(=O)[C@H]6C[C@@H](C(=O)O)C6(C)C)C(C)(C)[C@@H]5CC[C@@]4(C)[C@]3(C)CC[C@@]2(CCNCC(C)(C)NC(=O)c2ccc(O[C@H]3CCOC3)cc2)CC1=O. The zero-order chi connectivity index (χ0) is 46.4. The van der Waals surface area contributed by atoms with Gasteiger partial charge in [0, 0.05) is 41.3 Å². The smallest absolute Gasteiger partial charge is 0.309 e. The average Bonchev–Trinajstić information content (AvgIpc) is 3.82. The summed E-state index contributed by atoms with van der Waals surface area (Å²) in [4.78, 5) is 53.1. The predicted octanol–water partition coefficient (Wildman–Crippen LogP) is 9.98. The summed E-state index contributed by atoms with van der Waals surface area (Å²) in [5, 5.41) is 16.7. The van der Waals surface area contributed by atoms with Crippen molar-refractivity contribution in [1.29, 1.82) is 0 Å². The van der Waals surface area contributed by atoms with E-state index in [9.17, 15) is 24.3 Å². The van der Waals surface area contributed by atoms with Gasteiger partial charge in [0.2, 0.25) is 0 Å². The van der Waals surface area contributed by atoms with Crippen LogP contribution in [0.15, 0.2) is 35.4 Å². The molecule has 0 unspecified atom stereocenters. The monoisotopic (exact) mass is 885 g/mol. The highest BCUT2D eigenvalue weighted by molar-refractivity contribution is 6.00. The van der Waals surface area contributed by atoms with Crippen LogP contribution < -0.4 is 15.4 Å². The van der Waals surface area contributed by atoms with Crippen molar-refractivity contribution in [2.75, 3.05) is 26.3 Å². The maximum atomic E-state index is 14.2. The van der Waals surface area contributed by atoms with Gasteiger partial charge in [-0.25, -0.2) is 0 Å². The Hall–Kier alpha value is -3.24. The lowest BCUT2D eigenvalue weighted by molar-refractivity contribution is -0.236. The molecule has 8 rings (SSSR count). The number of benzene rings is 1. The van der Waals surface area contributed by atoms with Crippen molar-refractivity contribution in [2.24, 2.45) is 68.0 Å². The van der Waals surface area contributed by atoms with Crippen LogP contribution in [0.2, 0.25) is 0 Å². The second-order valence-corrected chi connectivity index (χ2v) is 24.7. The Labute approximate surface area is 383 Å². The van der Waals surface area contributed by atoms with Crippen LogP contribution in [0.4, 0.5) is 0 Å². The van der Waals surface area contributed by atoms with E-state index < -0.39 is 22.8 Å². The van der Waals surface area contributed by atoms with Crippen LogP contribution in [0.1, 0.15) is 164 Å². The maximum absolute atomic E-state index is 14.2. The van der Waals surface area contributed by atoms with Gasteiger partial charge < -0.3 is 30.0 Å². The molecular formula is C54H80N2O8. The van der Waals surface area contributed by atoms with Crippen LogP contribution in [-0.2, 0) is 23.9 Å². The number of carbonyl (C=O) groups excluding carboxylic acids is 3. The predicted molar refractivity (Wildman–Crippen MR) is 248 cm³/mol. The summed E-state index contributed by atoms with van der Waals surface area (Å²) in [5.41, 5.74) is 2.05. The lowest BCUT2D eigenvalue weighted by Crippen LogP contribution is -2.66. The molecule has 0 spiro atoms. The van der Waals surface area contributed by atoms with Gasteiger partial charge in [-0.3, -0.25) is 19.2 Å². The van der Waals surface area contributed by atoms with Crippen molar-refractivity contribution in [1.82, 2.24) is 10.6 Å². The Kier molecular flexibility index (Phi) is 12.2. The molecule has 1 saturated heterocycles. The first-order valence-corrected chi connectivity index (χ1v) is 25.0. The third-order valence-electron chi connectivity index (χ3n) is 19.7. The lowest BCUT2D eigenvalue weighted by atomic mass is 9.33. The Morgan fingerprint density at radius 1 is 0.859 bits per heavy atom. The highest BCUT2D eigenvalue weighted by atomic mass is 16.6. The first kappa shape index (κ1) is 47.3. The van der Waals surface area contributed by atoms with E-state index in [1.165, 1.54) is 5.57 Å². The number of allylic oxidation sites excluding steroid dienone is 2. The molecule has 0 bridgehead atoms. The Bertz CT molecular complexity index is 2030. The lowest BCUT2D eigenvalue weighted by Gasteiger charge is -2.72. The topological polar surface area (TPSA) is 140 Å². The molecule has 7 aliphatic rings. The molecule has 1 amide bonds. The Morgan fingerprint density at radius 2 is 1.58 bits per heavy atom. The van der Waals surface area contributed by atoms with Gasteiger partial charge in [-0.1, -0.05) is 67.9 Å². The molecule has 3 N–H and O–H groups in total. The van der Waals surface area contributed by atoms with E-state index in [1.54, 1.807) is 0 Å². The fourth-order valence-electron chi connectivity index (χ4n) is 15.8. The van der Waals surface area contributed by atoms with Gasteiger partial charge in [-0.05, 0) is 160 Å². The second kappa shape index (κ2) is 16.5. The minimum atomic E-state index is -0.826. The number of carboxylic acid groups (broad SMARTS) is 1. The van der Waals surface area contributed by atoms with Gasteiger partial charge in [-0.2, -0.15) is 0 Å². The largest absolute Gasteiger partial charge is 0.488 e. The van der Waals surface area contributed by atoms with Crippen LogP contribution in [0.25, 0.3) is 0 Å². The molecular weight excluding hydrogens is 805 g/mol. The molecule has 6 fully saturated rings. The number of esters is 1. The number of rotatable bonds is 13. The van der Waals surface area contributed by atoms with Gasteiger partial charge in [-0.15, -0.1) is 0 Å². The summed E-state index contributed by atoms with van der Waals surface area (Å²) < 4.78 is 17.9. The molecule has 1 aromatic carbocycles. The van der Waals surface area contributed by atoms with Gasteiger partial charge in [0.15, 0.2) is 5.78 Å². The number of amides is 1. The van der Waals surface area contributed by atoms with Gasteiger partial charge in [0.05, 0.1) is 25.0 Å². The van der Waals surface area contributed by atoms with Crippen molar-refractivity contribution in [3.63, 3.8) is 0 Å². The fraction of sp³-hybridized carbons (Fsp3) is 0.778. The molecule has 64 heavy (non-hydrogen) atoms. The van der Waals surface area contributed by atoms with Gasteiger partial charge >= 0.3 is 11.9 Å². The number of nitrogens with one attached hydrogen (secondary N) is 2. The summed E-state index contributed by atoms with van der Waals surface area (Å²) in [6.07, 6.45) is 11.1. The number of ketones is 1. The summed E-state index contributed by atoms with van der Waals surface area (Å²) >= 11 is 0. The van der Waals surface area contributed by atoms with Gasteiger partial charge in [0.1, 0.15) is 18.0 Å². The van der Waals surface area contributed by atoms with E-state index in [-0.39, 0.29) is 63.0 Å². The highest BCUT2D eigenvalue weighted by Gasteiger charge is 2.70. The highest BCUT2D eigenvalue weighted by Crippen LogP contribution is 2.77. The number of hydrogen-bond donors (Lipinski definition) is 3. The first-order chi connectivity index (χ1) is 29.9. The van der Waals surface area contributed by atoms with E-state index in [0.29, 0.717) is 55.1 Å². The molecule has 10 heteroatoms. The Balaban J connectivity index is 0.934. The number of carboxylic acids is 1. The molecule has 11 atom stereocenters. The van der Waals surface area contributed by atoms with Crippen LogP contribution in [-0.4, -0.2) is 72.8 Å². The van der Waals surface area contributed by atoms with Crippen LogP contribution in [0.3, 0.4) is 0 Å². The standard InChI is InChI=1S/C54H80N2O8/c1-32(2)43-39(57)29-54(25-26-55-31-48(3,4)56-45(58)33-12-14-34(15-13-33)63-35-20-27-62-30-35)24-23-52(10)36(44(43)54)16-17-41-51(9)21-19-42(50(7,8)40(51)18-22-53(41,52)11)64-47(61)38-28-37(46(59)60)49(38,5)6/h12-15,32,35-38,40-42,55H,16-31H2,1-11H3,(H,56,58)(H,59,60)/t35-,36+,37-,38+,40-,41+,42-,51-,52+,53+,54+/m0/s1. The van der Waals surface area contributed by atoms with Crippen LogP contribution in [0.5, 0.6) is 5.75 Å². The number of Topliss-reactive ketones (excluding diaryl/α,β-unsaturated/α-hetero) is 1. The van der Waals surface area contributed by atoms with Crippen molar-refractivity contribution < 1.29 is 38.5 Å². The molecule has 1 aromatic rings. The summed E-state index contributed by atoms with van der Waals surface area (Å²) in [6.45, 7) is 27.5. The summed E-state index contributed by atoms with van der Waals surface area (Å²) in [5.74, 6) is 0.556. The van der Waals surface area contributed by atoms with Crippen molar-refractivity contribution in [3.8, 4) is 5.75 Å². The molecule has 5 saturated carbocycles. The zero-order valence-corrected chi connectivity index (χ0v) is 41.0. The van der Waals surface area contributed by atoms with E-state index in [1.807, 2.05) is 38.1 Å². The maximum Gasteiger partial charge on any atom is 0.309 e. The van der Waals surface area contributed by atoms with Crippen molar-refractivity contribution in [2.45, 2.75) is 171 Å². The van der Waals surface area contributed by atoms with E-state index in [0.717, 1.165) is 88.7 Å². The number of aliphatic carboxylic acids is 1. The van der Waals surface area contributed by atoms with Crippen molar-refractivity contribution >= 4 is 23.6 Å². The second-order valence-electron chi connectivity index (χ2n) is 24.7. The molecule has 354 valence electrons. The van der Waals surface area contributed by atoms with Crippen molar-refractivity contribution in [3.05, 3.63) is 41.0 Å². The van der Waals surface area contributed by atoms with Crippen LogP contribution in [0, 0.1) is 68.0 Å². The Morgan fingerprint density at radius 3 is 2.22 bits per heavy atom. The van der Waals surface area contributed by atoms with Gasteiger partial charge in [0.25, 0.3) is 5.91 Å². The van der Waals surface area contributed by atoms with Crippen LogP contribution >= 0.6 is 0 Å².